The summed E-state index contributed by atoms with van der Waals surface area (Å²) in [6.45, 7) is 5.22. The number of hydrogen-bond donors (Lipinski definition) is 1. The number of carbonyl (C=O) groups excluding carboxylic acids is 2. The first-order valence-corrected chi connectivity index (χ1v) is 7.72. The van der Waals surface area contributed by atoms with Gasteiger partial charge >= 0.3 is 0 Å². The molecule has 1 N–H and O–H groups in total. The predicted octanol–water partition coefficient (Wildman–Crippen LogP) is 3.30. The molecule has 0 aliphatic heterocycles. The molecule has 6 heteroatoms. The molecular weight excluding hydrogens is 311 g/mol. The van der Waals surface area contributed by atoms with Gasteiger partial charge < -0.3 is 10.2 Å². The monoisotopic (exact) mass is 328 g/mol. The number of alkyl halides is 2. The molecule has 1 atom stereocenters. The van der Waals surface area contributed by atoms with Gasteiger partial charge in [-0.1, -0.05) is 0 Å². The first-order chi connectivity index (χ1) is 9.89. The molecule has 2 rings (SSSR count). The summed E-state index contributed by atoms with van der Waals surface area (Å²) in [5.74, 6) is -0.568. The lowest BCUT2D eigenvalue weighted by Crippen LogP contribution is -2.30. The van der Waals surface area contributed by atoms with Crippen LogP contribution in [-0.4, -0.2) is 34.1 Å². The summed E-state index contributed by atoms with van der Waals surface area (Å²) in [5, 5.41) is 2.75. The zero-order valence-corrected chi connectivity index (χ0v) is 13.5. The number of halogens is 2. The first kappa shape index (κ1) is 16.1. The quantitative estimate of drug-likeness (QED) is 0.843. The van der Waals surface area contributed by atoms with E-state index in [0.29, 0.717) is 30.8 Å². The molecule has 1 aliphatic rings. The third-order valence-electron chi connectivity index (χ3n) is 3.59. The Morgan fingerprint density at radius 2 is 1.76 bits per heavy atom. The Morgan fingerprint density at radius 3 is 2.19 bits per heavy atom. The molecule has 0 bridgehead atoms. The highest BCUT2D eigenvalue weighted by Crippen LogP contribution is 2.53. The maximum absolute atomic E-state index is 12.1. The summed E-state index contributed by atoms with van der Waals surface area (Å²) in [4.78, 5) is 25.7. The molecule has 114 valence electrons. The van der Waals surface area contributed by atoms with Gasteiger partial charge in [-0.2, -0.15) is 0 Å². The fourth-order valence-electron chi connectivity index (χ4n) is 2.12. The lowest BCUT2D eigenvalue weighted by Gasteiger charge is -2.18. The standard InChI is InChI=1S/C15H18Cl2N2O2/c1-3-19(4-2)14(21)10-5-7-11(8-6-10)18-13(20)12-9-15(12,16)17/h5-8,12H,3-4,9H2,1-2H3,(H,18,20). The van der Waals surface area contributed by atoms with E-state index in [1.807, 2.05) is 13.8 Å². The lowest BCUT2D eigenvalue weighted by molar-refractivity contribution is -0.117. The van der Waals surface area contributed by atoms with Crippen LogP contribution in [0, 0.1) is 5.92 Å². The van der Waals surface area contributed by atoms with Gasteiger partial charge in [0, 0.05) is 24.3 Å². The van der Waals surface area contributed by atoms with Crippen LogP contribution in [-0.2, 0) is 4.79 Å². The van der Waals surface area contributed by atoms with E-state index in [0.717, 1.165) is 0 Å². The number of rotatable bonds is 5. The van der Waals surface area contributed by atoms with Crippen LogP contribution in [0.1, 0.15) is 30.6 Å². The highest BCUT2D eigenvalue weighted by Gasteiger charge is 2.56. The van der Waals surface area contributed by atoms with Crippen LogP contribution in [0.25, 0.3) is 0 Å². The summed E-state index contributed by atoms with van der Waals surface area (Å²) in [7, 11) is 0. The third-order valence-corrected chi connectivity index (χ3v) is 4.43. The molecule has 1 aliphatic carbocycles. The second kappa shape index (κ2) is 6.24. The molecule has 2 amide bonds. The van der Waals surface area contributed by atoms with Crippen molar-refractivity contribution in [1.29, 1.82) is 0 Å². The van der Waals surface area contributed by atoms with Gasteiger partial charge in [0.15, 0.2) is 0 Å². The van der Waals surface area contributed by atoms with Crippen molar-refractivity contribution in [2.45, 2.75) is 24.6 Å². The predicted molar refractivity (Wildman–Crippen MR) is 84.9 cm³/mol. The van der Waals surface area contributed by atoms with E-state index >= 15 is 0 Å². The Morgan fingerprint density at radius 1 is 1.24 bits per heavy atom. The molecule has 0 saturated heterocycles. The van der Waals surface area contributed by atoms with Crippen LogP contribution in [0.4, 0.5) is 5.69 Å². The van der Waals surface area contributed by atoms with Gasteiger partial charge in [0.1, 0.15) is 4.33 Å². The van der Waals surface area contributed by atoms with E-state index in [1.165, 1.54) is 0 Å². The zero-order valence-electron chi connectivity index (χ0n) is 12.0. The fraction of sp³-hybridized carbons (Fsp3) is 0.467. The van der Waals surface area contributed by atoms with E-state index in [-0.39, 0.29) is 17.7 Å². The van der Waals surface area contributed by atoms with E-state index in [1.54, 1.807) is 29.2 Å². The van der Waals surface area contributed by atoms with Crippen molar-refractivity contribution in [2.75, 3.05) is 18.4 Å². The van der Waals surface area contributed by atoms with Crippen LogP contribution >= 0.6 is 23.2 Å². The van der Waals surface area contributed by atoms with Gasteiger partial charge in [-0.3, -0.25) is 9.59 Å². The summed E-state index contributed by atoms with van der Waals surface area (Å²) < 4.78 is -0.928. The van der Waals surface area contributed by atoms with Crippen molar-refractivity contribution in [2.24, 2.45) is 5.92 Å². The average molecular weight is 329 g/mol. The van der Waals surface area contributed by atoms with Crippen molar-refractivity contribution in [3.05, 3.63) is 29.8 Å². The Kier molecular flexibility index (Phi) is 4.79. The number of nitrogens with one attached hydrogen (secondary N) is 1. The molecule has 4 nitrogen and oxygen atoms in total. The molecule has 1 saturated carbocycles. The van der Waals surface area contributed by atoms with Gasteiger partial charge in [0.05, 0.1) is 5.92 Å². The van der Waals surface area contributed by atoms with Gasteiger partial charge in [0.25, 0.3) is 5.91 Å². The van der Waals surface area contributed by atoms with Crippen molar-refractivity contribution in [3.8, 4) is 0 Å². The largest absolute Gasteiger partial charge is 0.339 e. The Hall–Kier alpha value is -1.26. The topological polar surface area (TPSA) is 49.4 Å². The molecule has 21 heavy (non-hydrogen) atoms. The summed E-state index contributed by atoms with van der Waals surface area (Å²) >= 11 is 11.7. The molecule has 0 heterocycles. The van der Waals surface area contributed by atoms with E-state index in [9.17, 15) is 9.59 Å². The maximum atomic E-state index is 12.1. The highest BCUT2D eigenvalue weighted by atomic mass is 35.5. The van der Waals surface area contributed by atoms with Crippen LogP contribution in [0.3, 0.4) is 0 Å². The van der Waals surface area contributed by atoms with E-state index in [4.69, 9.17) is 23.2 Å². The van der Waals surface area contributed by atoms with Gasteiger partial charge in [0.2, 0.25) is 5.91 Å². The number of carbonyl (C=O) groups is 2. The molecule has 1 fully saturated rings. The lowest BCUT2D eigenvalue weighted by atomic mass is 10.1. The van der Waals surface area contributed by atoms with Gasteiger partial charge in [-0.05, 0) is 44.5 Å². The van der Waals surface area contributed by atoms with Crippen molar-refractivity contribution in [3.63, 3.8) is 0 Å². The second-order valence-electron chi connectivity index (χ2n) is 5.06. The first-order valence-electron chi connectivity index (χ1n) is 6.97. The smallest absolute Gasteiger partial charge is 0.253 e. The SMILES string of the molecule is CCN(CC)C(=O)c1ccc(NC(=O)C2CC2(Cl)Cl)cc1. The van der Waals surface area contributed by atoms with Crippen LogP contribution in [0.15, 0.2) is 24.3 Å². The van der Waals surface area contributed by atoms with Crippen molar-refractivity contribution in [1.82, 2.24) is 4.90 Å². The van der Waals surface area contributed by atoms with Crippen LogP contribution < -0.4 is 5.32 Å². The fourth-order valence-corrected chi connectivity index (χ4v) is 2.62. The summed E-state index contributed by atoms with van der Waals surface area (Å²) in [6, 6.07) is 6.83. The number of anilines is 1. The normalized spacial score (nSPS) is 19.0. The third kappa shape index (κ3) is 3.69. The molecule has 0 radical (unpaired) electrons. The Balaban J connectivity index is 1.99. The number of amides is 2. The Bertz CT molecular complexity index is 539. The minimum atomic E-state index is -0.928. The van der Waals surface area contributed by atoms with Crippen molar-refractivity contribution >= 4 is 40.7 Å². The molecule has 1 aromatic rings. The molecule has 0 spiro atoms. The minimum absolute atomic E-state index is 0.0133. The Labute approximate surface area is 134 Å². The van der Waals surface area contributed by atoms with Crippen LogP contribution in [0.5, 0.6) is 0 Å². The highest BCUT2D eigenvalue weighted by molar-refractivity contribution is 6.52. The molecule has 1 aromatic carbocycles. The zero-order chi connectivity index (χ0) is 15.6. The van der Waals surface area contributed by atoms with Gasteiger partial charge in [-0.15, -0.1) is 23.2 Å². The summed E-state index contributed by atoms with van der Waals surface area (Å²) in [5.41, 5.74) is 1.24. The summed E-state index contributed by atoms with van der Waals surface area (Å²) in [6.07, 6.45) is 0.473. The number of benzene rings is 1. The molecular formula is C15H18Cl2N2O2. The average Bonchev–Trinajstić information content (AvgIpc) is 3.10. The maximum Gasteiger partial charge on any atom is 0.253 e. The molecule has 0 aromatic heterocycles. The van der Waals surface area contributed by atoms with E-state index < -0.39 is 4.33 Å². The van der Waals surface area contributed by atoms with E-state index in [2.05, 4.69) is 5.32 Å². The number of hydrogen-bond acceptors (Lipinski definition) is 2. The minimum Gasteiger partial charge on any atom is -0.339 e. The van der Waals surface area contributed by atoms with Crippen molar-refractivity contribution < 1.29 is 9.59 Å². The second-order valence-corrected chi connectivity index (χ2v) is 6.60. The number of nitrogens with zero attached hydrogens (tertiary/aromatic N) is 1. The van der Waals surface area contributed by atoms with Gasteiger partial charge in [-0.25, -0.2) is 0 Å². The van der Waals surface area contributed by atoms with Crippen LogP contribution in [0.2, 0.25) is 0 Å². The molecule has 1 unspecified atom stereocenters.